The molecular weight excluding hydrogens is 240 g/mol. The summed E-state index contributed by atoms with van der Waals surface area (Å²) in [4.78, 5) is 2.39. The third-order valence-electron chi connectivity index (χ3n) is 3.92. The van der Waals surface area contributed by atoms with E-state index in [0.717, 1.165) is 37.4 Å². The number of aliphatic hydroxyl groups is 1. The summed E-state index contributed by atoms with van der Waals surface area (Å²) in [6.45, 7) is 5.41. The molecular formula is C15H24N2O2. The second-order valence-corrected chi connectivity index (χ2v) is 5.42. The van der Waals surface area contributed by atoms with E-state index in [0.29, 0.717) is 12.5 Å². The first-order valence-electron chi connectivity index (χ1n) is 6.90. The van der Waals surface area contributed by atoms with Crippen LogP contribution in [0.1, 0.15) is 24.5 Å². The molecule has 2 unspecified atom stereocenters. The van der Waals surface area contributed by atoms with Gasteiger partial charge in [0.2, 0.25) is 0 Å². The minimum absolute atomic E-state index is 0.147. The van der Waals surface area contributed by atoms with Crippen LogP contribution < -0.4 is 10.5 Å². The van der Waals surface area contributed by atoms with Crippen molar-refractivity contribution in [1.29, 1.82) is 0 Å². The maximum Gasteiger partial charge on any atom is 0.123 e. The molecule has 1 aromatic rings. The highest BCUT2D eigenvalue weighted by Gasteiger charge is 2.24. The molecule has 3 N–H and O–H groups in total. The quantitative estimate of drug-likeness (QED) is 0.862. The molecule has 2 atom stereocenters. The number of likely N-dealkylation sites (tertiary alicyclic amines) is 1. The predicted molar refractivity (Wildman–Crippen MR) is 76.0 cm³/mol. The molecule has 0 radical (unpaired) electrons. The minimum Gasteiger partial charge on any atom is -0.496 e. The lowest BCUT2D eigenvalue weighted by molar-refractivity contribution is 0.0320. The Morgan fingerprint density at radius 2 is 2.26 bits per heavy atom. The van der Waals surface area contributed by atoms with Crippen molar-refractivity contribution in [1.82, 2.24) is 4.90 Å². The van der Waals surface area contributed by atoms with Gasteiger partial charge in [-0.25, -0.2) is 0 Å². The largest absolute Gasteiger partial charge is 0.496 e. The van der Waals surface area contributed by atoms with Crippen LogP contribution in [0.3, 0.4) is 0 Å². The van der Waals surface area contributed by atoms with E-state index >= 15 is 0 Å². The number of ether oxygens (including phenoxy) is 1. The summed E-state index contributed by atoms with van der Waals surface area (Å²) >= 11 is 0. The molecule has 0 amide bonds. The van der Waals surface area contributed by atoms with E-state index in [9.17, 15) is 5.11 Å². The third-order valence-corrected chi connectivity index (χ3v) is 3.92. The zero-order valence-electron chi connectivity index (χ0n) is 11.8. The number of piperidine rings is 1. The van der Waals surface area contributed by atoms with Gasteiger partial charge in [0.15, 0.2) is 0 Å². The molecule has 0 spiro atoms. The Morgan fingerprint density at radius 3 is 2.89 bits per heavy atom. The topological polar surface area (TPSA) is 58.7 Å². The van der Waals surface area contributed by atoms with Crippen molar-refractivity contribution in [2.75, 3.05) is 20.2 Å². The van der Waals surface area contributed by atoms with Crippen LogP contribution in [0.4, 0.5) is 0 Å². The van der Waals surface area contributed by atoms with Gasteiger partial charge in [0.05, 0.1) is 13.2 Å². The summed E-state index contributed by atoms with van der Waals surface area (Å²) in [6.07, 6.45) is 0.716. The normalized spacial score (nSPS) is 24.4. The molecule has 1 saturated heterocycles. The van der Waals surface area contributed by atoms with Gasteiger partial charge in [-0.3, -0.25) is 4.90 Å². The highest BCUT2D eigenvalue weighted by atomic mass is 16.5. The number of methoxy groups -OCH3 is 1. The number of benzene rings is 1. The molecule has 4 nitrogen and oxygen atoms in total. The molecule has 106 valence electrons. The SMILES string of the molecule is COc1ccc(CN2CCC(O)C(C)C2)cc1CN. The number of rotatable bonds is 4. The van der Waals surface area contributed by atoms with E-state index in [-0.39, 0.29) is 6.10 Å². The number of nitrogens with two attached hydrogens (primary N) is 1. The molecule has 1 aromatic carbocycles. The number of hydrogen-bond acceptors (Lipinski definition) is 4. The first-order chi connectivity index (χ1) is 9.13. The maximum absolute atomic E-state index is 9.75. The lowest BCUT2D eigenvalue weighted by Crippen LogP contribution is -2.41. The lowest BCUT2D eigenvalue weighted by atomic mass is 9.96. The Bertz CT molecular complexity index is 423. The second kappa shape index (κ2) is 6.37. The molecule has 19 heavy (non-hydrogen) atoms. The molecule has 0 aromatic heterocycles. The number of nitrogens with zero attached hydrogens (tertiary/aromatic N) is 1. The fourth-order valence-corrected chi connectivity index (χ4v) is 2.71. The van der Waals surface area contributed by atoms with Crippen LogP contribution in [0.5, 0.6) is 5.75 Å². The molecule has 0 aliphatic carbocycles. The van der Waals surface area contributed by atoms with Crippen molar-refractivity contribution in [2.24, 2.45) is 11.7 Å². The molecule has 1 aliphatic heterocycles. The van der Waals surface area contributed by atoms with Crippen molar-refractivity contribution >= 4 is 0 Å². The smallest absolute Gasteiger partial charge is 0.123 e. The summed E-state index contributed by atoms with van der Waals surface area (Å²) in [5, 5.41) is 9.75. The van der Waals surface area contributed by atoms with Crippen LogP contribution in [0.25, 0.3) is 0 Å². The van der Waals surface area contributed by atoms with Crippen LogP contribution in [0, 0.1) is 5.92 Å². The van der Waals surface area contributed by atoms with E-state index in [4.69, 9.17) is 10.5 Å². The van der Waals surface area contributed by atoms with Crippen molar-refractivity contribution in [3.63, 3.8) is 0 Å². The fourth-order valence-electron chi connectivity index (χ4n) is 2.71. The molecule has 0 saturated carbocycles. The van der Waals surface area contributed by atoms with Crippen LogP contribution >= 0.6 is 0 Å². The van der Waals surface area contributed by atoms with Crippen LogP contribution in [0.2, 0.25) is 0 Å². The zero-order valence-corrected chi connectivity index (χ0v) is 11.8. The van der Waals surface area contributed by atoms with Crippen molar-refractivity contribution < 1.29 is 9.84 Å². The summed E-state index contributed by atoms with van der Waals surface area (Å²) in [6, 6.07) is 6.20. The maximum atomic E-state index is 9.75. The van der Waals surface area contributed by atoms with E-state index in [2.05, 4.69) is 24.0 Å². The van der Waals surface area contributed by atoms with Gasteiger partial charge in [-0.15, -0.1) is 0 Å². The van der Waals surface area contributed by atoms with Crippen molar-refractivity contribution in [2.45, 2.75) is 32.5 Å². The second-order valence-electron chi connectivity index (χ2n) is 5.42. The molecule has 1 heterocycles. The monoisotopic (exact) mass is 264 g/mol. The average Bonchev–Trinajstić information content (AvgIpc) is 2.43. The highest BCUT2D eigenvalue weighted by Crippen LogP contribution is 2.22. The van der Waals surface area contributed by atoms with Gasteiger partial charge in [0.25, 0.3) is 0 Å². The van der Waals surface area contributed by atoms with Gasteiger partial charge >= 0.3 is 0 Å². The molecule has 1 aliphatic rings. The first-order valence-corrected chi connectivity index (χ1v) is 6.90. The molecule has 1 fully saturated rings. The molecule has 4 heteroatoms. The van der Waals surface area contributed by atoms with E-state index in [1.807, 2.05) is 6.07 Å². The zero-order chi connectivity index (χ0) is 13.8. The Labute approximate surface area is 115 Å². The summed E-state index contributed by atoms with van der Waals surface area (Å²) in [5.41, 5.74) is 8.04. The summed E-state index contributed by atoms with van der Waals surface area (Å²) in [5.74, 6) is 1.20. The van der Waals surface area contributed by atoms with Gasteiger partial charge in [-0.2, -0.15) is 0 Å². The Balaban J connectivity index is 2.03. The number of aliphatic hydroxyl groups excluding tert-OH is 1. The van der Waals surface area contributed by atoms with Gasteiger partial charge in [0, 0.05) is 31.7 Å². The first kappa shape index (κ1) is 14.3. The van der Waals surface area contributed by atoms with E-state index in [1.54, 1.807) is 7.11 Å². The lowest BCUT2D eigenvalue weighted by Gasteiger charge is -2.34. The standard InChI is InChI=1S/C15H24N2O2/c1-11-9-17(6-5-14(11)18)10-12-3-4-15(19-2)13(7-12)8-16/h3-4,7,11,14,18H,5-6,8-10,16H2,1-2H3. The van der Waals surface area contributed by atoms with Gasteiger partial charge < -0.3 is 15.6 Å². The molecule has 0 bridgehead atoms. The van der Waals surface area contributed by atoms with E-state index in [1.165, 1.54) is 5.56 Å². The Kier molecular flexibility index (Phi) is 4.80. The Hall–Kier alpha value is -1.10. The van der Waals surface area contributed by atoms with Crippen LogP contribution in [-0.4, -0.2) is 36.3 Å². The molecule has 2 rings (SSSR count). The fraction of sp³-hybridized carbons (Fsp3) is 0.600. The minimum atomic E-state index is -0.147. The van der Waals surface area contributed by atoms with Gasteiger partial charge in [0.1, 0.15) is 5.75 Å². The Morgan fingerprint density at radius 1 is 1.47 bits per heavy atom. The van der Waals surface area contributed by atoms with Crippen molar-refractivity contribution in [3.8, 4) is 5.75 Å². The highest BCUT2D eigenvalue weighted by molar-refractivity contribution is 5.37. The van der Waals surface area contributed by atoms with Gasteiger partial charge in [-0.05, 0) is 30.0 Å². The van der Waals surface area contributed by atoms with E-state index < -0.39 is 0 Å². The predicted octanol–water partition coefficient (Wildman–Crippen LogP) is 1.36. The number of hydrogen-bond donors (Lipinski definition) is 2. The summed E-state index contributed by atoms with van der Waals surface area (Å²) in [7, 11) is 1.67. The van der Waals surface area contributed by atoms with Crippen molar-refractivity contribution in [3.05, 3.63) is 29.3 Å². The summed E-state index contributed by atoms with van der Waals surface area (Å²) < 4.78 is 5.29. The van der Waals surface area contributed by atoms with Crippen LogP contribution in [0.15, 0.2) is 18.2 Å². The van der Waals surface area contributed by atoms with Crippen LogP contribution in [-0.2, 0) is 13.1 Å². The third kappa shape index (κ3) is 3.47. The van der Waals surface area contributed by atoms with Gasteiger partial charge in [-0.1, -0.05) is 13.0 Å². The average molecular weight is 264 g/mol.